The van der Waals surface area contributed by atoms with Crippen molar-refractivity contribution in [2.45, 2.75) is 120 Å². The predicted octanol–water partition coefficient (Wildman–Crippen LogP) is 20.2. The number of ether oxygens (including phenoxy) is 8. The van der Waals surface area contributed by atoms with Gasteiger partial charge >= 0.3 is 0 Å². The lowest BCUT2D eigenvalue weighted by molar-refractivity contribution is -0.0334. The van der Waals surface area contributed by atoms with Gasteiger partial charge in [-0.1, -0.05) is 111 Å². The number of hydrogen-bond acceptors (Lipinski definition) is 8. The van der Waals surface area contributed by atoms with Crippen molar-refractivity contribution >= 4 is 69.6 Å². The van der Waals surface area contributed by atoms with E-state index in [1.807, 2.05) is 146 Å². The van der Waals surface area contributed by atoms with E-state index in [2.05, 4.69) is 41.5 Å². The van der Waals surface area contributed by atoms with E-state index in [-0.39, 0.29) is 0 Å². The molecule has 0 radical (unpaired) electrons. The molecule has 444 valence electrons. The van der Waals surface area contributed by atoms with E-state index in [0.717, 1.165) is 99.4 Å². The zero-order valence-electron chi connectivity index (χ0n) is 48.7. The SMILES string of the molecule is C1COCCO1.CCc1c(COc2ccc(Cl)cc2)c(CC)c(COc2ccc(Cl)cc2)c(CC)c1COc1ccc(Cl)cc1.CCc1c(COc2ccc(Cl)cc2)c(CC)c(COc2ccc(Cl)cc2)c(CC)c1COc1ccc(Cl)cc1. The number of hydrogen-bond donors (Lipinski definition) is 0. The molecule has 1 heterocycles. The van der Waals surface area contributed by atoms with Gasteiger partial charge in [0.1, 0.15) is 74.1 Å². The van der Waals surface area contributed by atoms with Crippen LogP contribution in [0.5, 0.6) is 34.5 Å². The zero-order valence-corrected chi connectivity index (χ0v) is 53.2. The molecule has 1 aliphatic rings. The molecule has 0 unspecified atom stereocenters. The average Bonchev–Trinajstić information content (AvgIpc) is 3.60. The molecule has 0 atom stereocenters. The Morgan fingerprint density at radius 3 is 0.464 bits per heavy atom. The highest BCUT2D eigenvalue weighted by Crippen LogP contribution is 2.36. The van der Waals surface area contributed by atoms with Crippen LogP contribution >= 0.6 is 69.6 Å². The second-order valence-electron chi connectivity index (χ2n) is 19.5. The summed E-state index contributed by atoms with van der Waals surface area (Å²) >= 11 is 36.5. The summed E-state index contributed by atoms with van der Waals surface area (Å²) in [6, 6.07) is 44.9. The van der Waals surface area contributed by atoms with Crippen LogP contribution < -0.4 is 28.4 Å². The first-order valence-electron chi connectivity index (χ1n) is 28.7. The van der Waals surface area contributed by atoms with E-state index in [9.17, 15) is 0 Å². The number of benzene rings is 8. The molecular weight excluding hydrogens is 1180 g/mol. The second kappa shape index (κ2) is 34.4. The van der Waals surface area contributed by atoms with Crippen molar-refractivity contribution in [2.24, 2.45) is 0 Å². The molecule has 0 aliphatic carbocycles. The fourth-order valence-corrected chi connectivity index (χ4v) is 11.1. The second-order valence-corrected chi connectivity index (χ2v) is 22.2. The Hall–Kier alpha value is -5.78. The molecule has 0 saturated carbocycles. The van der Waals surface area contributed by atoms with E-state index in [1.54, 1.807) is 0 Å². The molecule has 0 spiro atoms. The van der Waals surface area contributed by atoms with Gasteiger partial charge in [0.15, 0.2) is 0 Å². The maximum Gasteiger partial charge on any atom is 0.119 e. The van der Waals surface area contributed by atoms with Crippen LogP contribution in [-0.4, -0.2) is 26.4 Å². The van der Waals surface area contributed by atoms with Gasteiger partial charge in [-0.3, -0.25) is 0 Å². The Morgan fingerprint density at radius 2 is 0.357 bits per heavy atom. The van der Waals surface area contributed by atoms with Crippen LogP contribution in [0.25, 0.3) is 0 Å². The summed E-state index contributed by atoms with van der Waals surface area (Å²) in [7, 11) is 0. The lowest BCUT2D eigenvalue weighted by Gasteiger charge is -2.26. The Labute approximate surface area is 527 Å². The first kappa shape index (κ1) is 65.8. The van der Waals surface area contributed by atoms with E-state index in [4.69, 9.17) is 108 Å². The fourth-order valence-electron chi connectivity index (χ4n) is 10.3. The quantitative estimate of drug-likeness (QED) is 0.0592. The van der Waals surface area contributed by atoms with E-state index >= 15 is 0 Å². The van der Waals surface area contributed by atoms with Crippen LogP contribution in [0.2, 0.25) is 30.1 Å². The summed E-state index contributed by atoms with van der Waals surface area (Å²) in [4.78, 5) is 0. The third kappa shape index (κ3) is 19.1. The molecule has 1 saturated heterocycles. The van der Waals surface area contributed by atoms with E-state index < -0.39 is 0 Å². The van der Waals surface area contributed by atoms with Crippen LogP contribution in [0.1, 0.15) is 108 Å². The highest BCUT2D eigenvalue weighted by Gasteiger charge is 2.25. The molecule has 8 nitrogen and oxygen atoms in total. The van der Waals surface area contributed by atoms with Crippen molar-refractivity contribution in [3.05, 3.63) is 242 Å². The third-order valence-electron chi connectivity index (χ3n) is 14.4. The molecule has 14 heteroatoms. The van der Waals surface area contributed by atoms with Gasteiger partial charge in [-0.2, -0.15) is 0 Å². The number of halogens is 6. The van der Waals surface area contributed by atoms with Crippen molar-refractivity contribution < 1.29 is 37.9 Å². The van der Waals surface area contributed by atoms with Crippen LogP contribution in [0.4, 0.5) is 0 Å². The maximum atomic E-state index is 6.30. The van der Waals surface area contributed by atoms with Crippen LogP contribution in [0.15, 0.2) is 146 Å². The Balaban J connectivity index is 0.000000219. The monoisotopic (exact) mass is 1250 g/mol. The number of rotatable bonds is 24. The standard InChI is InChI=1S/2C33H33Cl3O3.C4H8O2/c2*1-4-28-31(19-37-25-13-7-22(34)8-14-25)29(5-2)33(21-39-27-17-11-24(36)12-18-27)30(6-3)32(28)20-38-26-15-9-23(35)10-16-26;1-2-6-4-3-5-1/h2*7-18H,4-6,19-21H2,1-3H3;1-4H2. The van der Waals surface area contributed by atoms with Crippen molar-refractivity contribution in [1.29, 1.82) is 0 Å². The average molecular weight is 1260 g/mol. The molecule has 0 aromatic heterocycles. The molecule has 0 N–H and O–H groups in total. The first-order chi connectivity index (χ1) is 40.9. The fraction of sp³-hybridized carbons (Fsp3) is 0.314. The highest BCUT2D eigenvalue weighted by atomic mass is 35.5. The van der Waals surface area contributed by atoms with Gasteiger partial charge in [-0.05, 0) is 251 Å². The lowest BCUT2D eigenvalue weighted by Crippen LogP contribution is -2.17. The van der Waals surface area contributed by atoms with Crippen LogP contribution in [-0.2, 0) is 87.6 Å². The highest BCUT2D eigenvalue weighted by molar-refractivity contribution is 6.32. The largest absolute Gasteiger partial charge is 0.489 e. The lowest BCUT2D eigenvalue weighted by atomic mass is 9.84. The minimum atomic E-state index is 0.444. The molecule has 0 bridgehead atoms. The molecule has 8 aromatic carbocycles. The van der Waals surface area contributed by atoms with Crippen molar-refractivity contribution in [3.8, 4) is 34.5 Å². The van der Waals surface area contributed by atoms with Crippen LogP contribution in [0, 0.1) is 0 Å². The molecule has 1 aliphatic heterocycles. The smallest absolute Gasteiger partial charge is 0.119 e. The van der Waals surface area contributed by atoms with E-state index in [0.29, 0.717) is 69.8 Å². The molecule has 0 amide bonds. The molecular formula is C70H74Cl6O8. The summed E-state index contributed by atoms with van der Waals surface area (Å²) in [5, 5.41) is 4.09. The van der Waals surface area contributed by atoms with Crippen molar-refractivity contribution in [2.75, 3.05) is 26.4 Å². The summed E-state index contributed by atoms with van der Waals surface area (Å²) in [6.07, 6.45) is 5.15. The Bertz CT molecular complexity index is 2670. The summed E-state index contributed by atoms with van der Waals surface area (Å²) < 4.78 is 47.7. The molecule has 8 aromatic rings. The van der Waals surface area contributed by atoms with Gasteiger partial charge in [0.05, 0.1) is 26.4 Å². The Kier molecular flexibility index (Phi) is 26.9. The Morgan fingerprint density at radius 1 is 0.226 bits per heavy atom. The van der Waals surface area contributed by atoms with E-state index in [1.165, 1.54) is 66.8 Å². The van der Waals surface area contributed by atoms with Gasteiger partial charge in [0.25, 0.3) is 0 Å². The maximum absolute atomic E-state index is 6.30. The summed E-state index contributed by atoms with van der Waals surface area (Å²) in [5.74, 6) is 4.67. The van der Waals surface area contributed by atoms with Gasteiger partial charge in [-0.25, -0.2) is 0 Å². The van der Waals surface area contributed by atoms with Crippen molar-refractivity contribution in [3.63, 3.8) is 0 Å². The van der Waals surface area contributed by atoms with Gasteiger partial charge < -0.3 is 37.9 Å². The molecule has 1 fully saturated rings. The minimum Gasteiger partial charge on any atom is -0.489 e. The van der Waals surface area contributed by atoms with Gasteiger partial charge in [0.2, 0.25) is 0 Å². The molecule has 84 heavy (non-hydrogen) atoms. The molecule has 9 rings (SSSR count). The summed E-state index contributed by atoms with van der Waals surface area (Å²) in [5.41, 5.74) is 14.7. The zero-order chi connectivity index (χ0) is 59.8. The van der Waals surface area contributed by atoms with Gasteiger partial charge in [-0.15, -0.1) is 0 Å². The predicted molar refractivity (Wildman–Crippen MR) is 345 cm³/mol. The minimum absolute atomic E-state index is 0.444. The normalized spacial score (nSPS) is 11.9. The topological polar surface area (TPSA) is 73.8 Å². The van der Waals surface area contributed by atoms with Gasteiger partial charge in [0, 0.05) is 30.1 Å². The van der Waals surface area contributed by atoms with Crippen LogP contribution in [0.3, 0.4) is 0 Å². The first-order valence-corrected chi connectivity index (χ1v) is 30.9. The summed E-state index contributed by atoms with van der Waals surface area (Å²) in [6.45, 7) is 18.9. The third-order valence-corrected chi connectivity index (χ3v) is 15.9. The van der Waals surface area contributed by atoms with Crippen molar-refractivity contribution in [1.82, 2.24) is 0 Å².